The molecule has 0 saturated carbocycles. The highest BCUT2D eigenvalue weighted by atomic mass is 35.5. The summed E-state index contributed by atoms with van der Waals surface area (Å²) in [6, 6.07) is 8.01. The Labute approximate surface area is 199 Å². The van der Waals surface area contributed by atoms with E-state index < -0.39 is 15.8 Å². The van der Waals surface area contributed by atoms with E-state index in [1.165, 1.54) is 42.6 Å². The number of H-pyrrole nitrogens is 1. The summed E-state index contributed by atoms with van der Waals surface area (Å²) in [4.78, 5) is 19.0. The fourth-order valence-electron chi connectivity index (χ4n) is 3.29. The number of hydrogen-bond donors (Lipinski definition) is 3. The molecule has 0 saturated heterocycles. The van der Waals surface area contributed by atoms with E-state index in [4.69, 9.17) is 23.2 Å². The molecule has 33 heavy (non-hydrogen) atoms. The maximum atomic E-state index is 13.8. The van der Waals surface area contributed by atoms with E-state index in [2.05, 4.69) is 20.0 Å². The van der Waals surface area contributed by atoms with Gasteiger partial charge in [-0.1, -0.05) is 37.0 Å². The lowest BCUT2D eigenvalue weighted by Crippen LogP contribution is -2.27. The summed E-state index contributed by atoms with van der Waals surface area (Å²) in [6.07, 6.45) is 1.48. The molecule has 0 fully saturated rings. The van der Waals surface area contributed by atoms with E-state index >= 15 is 0 Å². The molecule has 2 aromatic carbocycles. The van der Waals surface area contributed by atoms with Crippen molar-refractivity contribution in [3.63, 3.8) is 0 Å². The maximum absolute atomic E-state index is 13.8. The van der Waals surface area contributed by atoms with E-state index in [9.17, 15) is 17.6 Å². The van der Waals surface area contributed by atoms with Crippen LogP contribution in [0.2, 0.25) is 10.0 Å². The first kappa shape index (κ1) is 23.4. The highest BCUT2D eigenvalue weighted by Gasteiger charge is 2.20. The van der Waals surface area contributed by atoms with E-state index in [0.717, 1.165) is 0 Å². The third kappa shape index (κ3) is 4.81. The molecule has 2 heterocycles. The monoisotopic (exact) mass is 508 g/mol. The van der Waals surface area contributed by atoms with Gasteiger partial charge in [-0.3, -0.25) is 4.79 Å². The molecule has 0 unspecified atom stereocenters. The van der Waals surface area contributed by atoms with Crippen molar-refractivity contribution in [2.45, 2.75) is 18.7 Å². The molecule has 0 aliphatic rings. The number of benzene rings is 2. The van der Waals surface area contributed by atoms with Crippen molar-refractivity contribution in [2.75, 3.05) is 11.9 Å². The Morgan fingerprint density at radius 3 is 2.42 bits per heavy atom. The summed E-state index contributed by atoms with van der Waals surface area (Å²) in [7, 11) is -3.81. The Hall–Kier alpha value is -2.72. The van der Waals surface area contributed by atoms with Crippen LogP contribution in [0.5, 0.6) is 0 Å². The number of anilines is 2. The van der Waals surface area contributed by atoms with Crippen LogP contribution in [0.3, 0.4) is 0 Å². The summed E-state index contributed by atoms with van der Waals surface area (Å²) in [6.45, 7) is 4.03. The van der Waals surface area contributed by atoms with Crippen LogP contribution in [-0.4, -0.2) is 24.9 Å². The predicted octanol–water partition coefficient (Wildman–Crippen LogP) is 5.20. The van der Waals surface area contributed by atoms with Gasteiger partial charge in [0.2, 0.25) is 15.6 Å². The first-order valence-corrected chi connectivity index (χ1v) is 12.2. The predicted molar refractivity (Wildman–Crippen MR) is 130 cm³/mol. The van der Waals surface area contributed by atoms with Crippen LogP contribution in [0.1, 0.15) is 13.8 Å². The van der Waals surface area contributed by atoms with Crippen molar-refractivity contribution in [3.8, 4) is 0 Å². The Kier molecular flexibility index (Phi) is 6.32. The van der Waals surface area contributed by atoms with Crippen LogP contribution >= 0.6 is 23.2 Å². The molecular weight excluding hydrogens is 490 g/mol. The van der Waals surface area contributed by atoms with Gasteiger partial charge in [0.25, 0.3) is 0 Å². The molecule has 0 atom stereocenters. The average molecular weight is 509 g/mol. The zero-order chi connectivity index (χ0) is 23.9. The molecule has 2 aromatic heterocycles. The second kappa shape index (κ2) is 8.90. The number of pyridine rings is 2. The molecule has 3 N–H and O–H groups in total. The third-order valence-electron chi connectivity index (χ3n) is 4.91. The minimum absolute atomic E-state index is 0.0476. The second-order valence-corrected chi connectivity index (χ2v) is 10.5. The van der Waals surface area contributed by atoms with Gasteiger partial charge in [0.15, 0.2) is 0 Å². The van der Waals surface area contributed by atoms with E-state index in [0.29, 0.717) is 21.7 Å². The minimum atomic E-state index is -3.81. The molecule has 0 amide bonds. The maximum Gasteiger partial charge on any atom is 0.248 e. The third-order valence-corrected chi connectivity index (χ3v) is 6.91. The summed E-state index contributed by atoms with van der Waals surface area (Å²) < 4.78 is 41.5. The van der Waals surface area contributed by atoms with Gasteiger partial charge in [0.05, 0.1) is 26.1 Å². The van der Waals surface area contributed by atoms with Gasteiger partial charge in [-0.25, -0.2) is 22.5 Å². The van der Waals surface area contributed by atoms with Crippen LogP contribution in [0, 0.1) is 11.7 Å². The van der Waals surface area contributed by atoms with Crippen molar-refractivity contribution in [1.82, 2.24) is 14.7 Å². The summed E-state index contributed by atoms with van der Waals surface area (Å²) in [5, 5.41) is 4.60. The van der Waals surface area contributed by atoms with Crippen molar-refractivity contribution in [2.24, 2.45) is 5.92 Å². The highest BCUT2D eigenvalue weighted by molar-refractivity contribution is 7.89. The van der Waals surface area contributed by atoms with Gasteiger partial charge in [0.1, 0.15) is 11.6 Å². The molecule has 4 aromatic rings. The standard InChI is InChI=1S/C22H19Cl2FN4O3S/c1-11(2)9-27-33(31,32)13-6-17(23)21(18(24)7-13)29-22-15-8-20(30)26-10-16(15)14-5-12(25)3-4-19(14)28-22/h3-8,10-11,27H,9H2,1-2H3,(H,26,30)(H,28,29). The van der Waals surface area contributed by atoms with Gasteiger partial charge in [-0.2, -0.15) is 0 Å². The van der Waals surface area contributed by atoms with E-state index in [-0.39, 0.29) is 44.5 Å². The van der Waals surface area contributed by atoms with Crippen LogP contribution in [0.15, 0.2) is 52.3 Å². The Morgan fingerprint density at radius 2 is 1.76 bits per heavy atom. The largest absolute Gasteiger partial charge is 0.337 e. The molecule has 0 aliphatic heterocycles. The number of fused-ring (bicyclic) bond motifs is 3. The van der Waals surface area contributed by atoms with Crippen molar-refractivity contribution < 1.29 is 12.8 Å². The number of hydrogen-bond acceptors (Lipinski definition) is 5. The van der Waals surface area contributed by atoms with Gasteiger partial charge in [-0.15, -0.1) is 0 Å². The van der Waals surface area contributed by atoms with Gasteiger partial charge >= 0.3 is 0 Å². The number of nitrogens with zero attached hydrogens (tertiary/aromatic N) is 1. The van der Waals surface area contributed by atoms with Gasteiger partial charge in [0, 0.05) is 35.0 Å². The number of aromatic amines is 1. The number of nitrogens with one attached hydrogen (secondary N) is 3. The summed E-state index contributed by atoms with van der Waals surface area (Å²) in [5.74, 6) is -0.0606. The smallest absolute Gasteiger partial charge is 0.248 e. The fraction of sp³-hybridized carbons (Fsp3) is 0.182. The molecule has 7 nitrogen and oxygen atoms in total. The normalized spacial score (nSPS) is 12.1. The molecule has 0 aliphatic carbocycles. The van der Waals surface area contributed by atoms with Crippen LogP contribution in [0.25, 0.3) is 21.7 Å². The second-order valence-electron chi connectivity index (χ2n) is 7.88. The fourth-order valence-corrected chi connectivity index (χ4v) is 5.27. The average Bonchev–Trinajstić information content (AvgIpc) is 2.75. The topological polar surface area (TPSA) is 104 Å². The number of aromatic nitrogens is 2. The van der Waals surface area contributed by atoms with Crippen LogP contribution < -0.4 is 15.6 Å². The first-order valence-electron chi connectivity index (χ1n) is 9.92. The number of sulfonamides is 1. The molecule has 4 rings (SSSR count). The molecule has 0 bridgehead atoms. The minimum Gasteiger partial charge on any atom is -0.337 e. The molecule has 172 valence electrons. The SMILES string of the molecule is CC(C)CNS(=O)(=O)c1cc(Cl)c(Nc2nc3ccc(F)cc3c3c[nH]c(=O)cc23)c(Cl)c1. The van der Waals surface area contributed by atoms with E-state index in [1.807, 2.05) is 13.8 Å². The lowest BCUT2D eigenvalue weighted by Gasteiger charge is -2.15. The Bertz CT molecular complexity index is 1530. The molecular formula is C22H19Cl2FN4O3S. The van der Waals surface area contributed by atoms with Crippen molar-refractivity contribution in [3.05, 3.63) is 68.8 Å². The zero-order valence-electron chi connectivity index (χ0n) is 17.5. The highest BCUT2D eigenvalue weighted by Crippen LogP contribution is 2.37. The Balaban J connectivity index is 1.82. The Morgan fingerprint density at radius 1 is 1.06 bits per heavy atom. The van der Waals surface area contributed by atoms with Gasteiger partial charge in [-0.05, 0) is 36.2 Å². The summed E-state index contributed by atoms with van der Waals surface area (Å²) >= 11 is 12.8. The number of rotatable bonds is 6. The molecule has 0 radical (unpaired) electrons. The quantitative estimate of drug-likeness (QED) is 0.310. The first-order chi connectivity index (χ1) is 15.5. The lowest BCUT2D eigenvalue weighted by molar-refractivity contribution is 0.560. The number of halogens is 3. The molecule has 0 spiro atoms. The van der Waals surface area contributed by atoms with Crippen LogP contribution in [-0.2, 0) is 10.0 Å². The van der Waals surface area contributed by atoms with Crippen molar-refractivity contribution in [1.29, 1.82) is 0 Å². The van der Waals surface area contributed by atoms with E-state index in [1.54, 1.807) is 0 Å². The molecule has 11 heteroatoms. The lowest BCUT2D eigenvalue weighted by atomic mass is 10.1. The van der Waals surface area contributed by atoms with Gasteiger partial charge < -0.3 is 10.3 Å². The summed E-state index contributed by atoms with van der Waals surface area (Å²) in [5.41, 5.74) is 0.317. The van der Waals surface area contributed by atoms with Crippen LogP contribution in [0.4, 0.5) is 15.9 Å². The van der Waals surface area contributed by atoms with Crippen molar-refractivity contribution >= 4 is 66.4 Å². The zero-order valence-corrected chi connectivity index (χ0v) is 19.9.